The minimum atomic E-state index is -0.350. The molecule has 0 aliphatic rings. The van der Waals surface area contributed by atoms with Gasteiger partial charge in [0.05, 0.1) is 0 Å². The third-order valence-corrected chi connectivity index (χ3v) is 6.44. The van der Waals surface area contributed by atoms with Crippen LogP contribution < -0.4 is 11.2 Å². The predicted octanol–water partition coefficient (Wildman–Crippen LogP) is 3.40. The molecule has 0 amide bonds. The van der Waals surface area contributed by atoms with E-state index in [0.29, 0.717) is 36.5 Å². The lowest BCUT2D eigenvalue weighted by Gasteiger charge is -2.19. The molecule has 37 heavy (non-hydrogen) atoms. The molecule has 1 N–H and O–H groups in total. The van der Waals surface area contributed by atoms with Crippen LogP contribution in [0.3, 0.4) is 0 Å². The van der Waals surface area contributed by atoms with Crippen LogP contribution in [-0.4, -0.2) is 39.3 Å². The van der Waals surface area contributed by atoms with Gasteiger partial charge < -0.3 is 4.57 Å². The van der Waals surface area contributed by atoms with Crippen molar-refractivity contribution in [2.24, 2.45) is 12.5 Å². The molecule has 10 heteroatoms. The number of hydrogen-bond acceptors (Lipinski definition) is 6. The fraction of sp³-hybridized carbons (Fsp3) is 0.333. The summed E-state index contributed by atoms with van der Waals surface area (Å²) in [4.78, 5) is 30.9. The zero-order chi connectivity index (χ0) is 26.3. The highest BCUT2D eigenvalue weighted by Crippen LogP contribution is 2.30. The normalized spacial score (nSPS) is 11.9. The van der Waals surface area contributed by atoms with Gasteiger partial charge >= 0.3 is 5.69 Å². The lowest BCUT2D eigenvalue weighted by molar-refractivity contribution is 0.394. The molecule has 5 aromatic rings. The Balaban J connectivity index is 1.59. The molecule has 2 aromatic carbocycles. The van der Waals surface area contributed by atoms with E-state index in [1.165, 1.54) is 9.13 Å². The topological polar surface area (TPSA) is 116 Å². The Morgan fingerprint density at radius 1 is 0.946 bits per heavy atom. The molecule has 0 unspecified atom stereocenters. The Kier molecular flexibility index (Phi) is 6.10. The lowest BCUT2D eigenvalue weighted by Crippen LogP contribution is -2.39. The van der Waals surface area contributed by atoms with Crippen molar-refractivity contribution in [1.82, 2.24) is 39.3 Å². The maximum Gasteiger partial charge on any atom is 0.332 e. The highest BCUT2D eigenvalue weighted by molar-refractivity contribution is 5.80. The van der Waals surface area contributed by atoms with Gasteiger partial charge in [-0.3, -0.25) is 13.9 Å². The van der Waals surface area contributed by atoms with Gasteiger partial charge in [-0.15, -0.1) is 10.2 Å². The van der Waals surface area contributed by atoms with Crippen molar-refractivity contribution in [3.8, 4) is 22.5 Å². The number of tetrazole rings is 1. The molecule has 3 heterocycles. The van der Waals surface area contributed by atoms with E-state index in [0.717, 1.165) is 28.1 Å². The quantitative estimate of drug-likeness (QED) is 0.384. The second kappa shape index (κ2) is 9.27. The third-order valence-electron chi connectivity index (χ3n) is 6.44. The average Bonchev–Trinajstić information content (AvgIpc) is 3.52. The number of benzene rings is 2. The van der Waals surface area contributed by atoms with Crippen molar-refractivity contribution in [2.45, 2.75) is 47.2 Å². The van der Waals surface area contributed by atoms with E-state index in [-0.39, 0.29) is 16.7 Å². The smallest absolute Gasteiger partial charge is 0.318 e. The Bertz CT molecular complexity index is 1680. The summed E-state index contributed by atoms with van der Waals surface area (Å²) in [7, 11) is 1.67. The van der Waals surface area contributed by atoms with Crippen molar-refractivity contribution in [2.75, 3.05) is 0 Å². The van der Waals surface area contributed by atoms with Crippen LogP contribution in [-0.2, 0) is 26.6 Å². The van der Waals surface area contributed by atoms with Crippen LogP contribution in [0, 0.1) is 5.41 Å². The van der Waals surface area contributed by atoms with E-state index < -0.39 is 0 Å². The molecule has 3 aromatic heterocycles. The molecule has 190 valence electrons. The summed E-state index contributed by atoms with van der Waals surface area (Å²) in [6, 6.07) is 16.1. The van der Waals surface area contributed by atoms with Crippen molar-refractivity contribution in [1.29, 1.82) is 0 Å². The Morgan fingerprint density at radius 2 is 1.65 bits per heavy atom. The molecule has 0 spiro atoms. The number of rotatable bonds is 6. The van der Waals surface area contributed by atoms with E-state index in [9.17, 15) is 9.59 Å². The SMILES string of the molecule is CCn1c(=O)c2c(nc(CC(C)(C)C)n2Cc2ccc(-c3ccccc3-c3nn[nH]n3)cc2)n(C)c1=O. The van der Waals surface area contributed by atoms with Gasteiger partial charge in [0.15, 0.2) is 11.2 Å². The van der Waals surface area contributed by atoms with E-state index in [4.69, 9.17) is 4.98 Å². The van der Waals surface area contributed by atoms with Crippen molar-refractivity contribution >= 4 is 11.2 Å². The van der Waals surface area contributed by atoms with E-state index in [1.807, 2.05) is 28.8 Å². The first-order chi connectivity index (χ1) is 17.7. The number of H-pyrrole nitrogens is 1. The largest absolute Gasteiger partial charge is 0.332 e. The molecule has 0 saturated heterocycles. The molecular formula is C27H30N8O2. The molecule has 0 aliphatic heterocycles. The lowest BCUT2D eigenvalue weighted by atomic mass is 9.92. The standard InChI is InChI=1S/C27H30N8O2/c1-6-34-25(36)22-24(33(5)26(34)37)28-21(15-27(2,3)4)35(22)16-17-11-13-18(14-12-17)19-9-7-8-10-20(19)23-29-31-32-30-23/h7-14H,6,15-16H2,1-5H3,(H,29,30,31,32). The minimum absolute atomic E-state index is 0.0511. The van der Waals surface area contributed by atoms with Gasteiger partial charge in [0.25, 0.3) is 5.56 Å². The highest BCUT2D eigenvalue weighted by atomic mass is 16.2. The molecule has 0 saturated carbocycles. The predicted molar refractivity (Wildman–Crippen MR) is 142 cm³/mol. The summed E-state index contributed by atoms with van der Waals surface area (Å²) in [5.74, 6) is 1.32. The van der Waals surface area contributed by atoms with Crippen LogP contribution in [0.15, 0.2) is 58.1 Å². The number of nitrogens with one attached hydrogen (secondary N) is 1. The van der Waals surface area contributed by atoms with Gasteiger partial charge in [-0.25, -0.2) is 9.78 Å². The molecule has 0 bridgehead atoms. The molecule has 0 aliphatic carbocycles. The Hall–Kier alpha value is -4.34. The summed E-state index contributed by atoms with van der Waals surface area (Å²) < 4.78 is 4.71. The number of hydrogen-bond donors (Lipinski definition) is 1. The van der Waals surface area contributed by atoms with Crippen molar-refractivity contribution in [3.05, 3.63) is 80.8 Å². The summed E-state index contributed by atoms with van der Waals surface area (Å²) >= 11 is 0. The first kappa shape index (κ1) is 24.4. The minimum Gasteiger partial charge on any atom is -0.318 e. The van der Waals surface area contributed by atoms with Gasteiger partial charge in [-0.1, -0.05) is 69.3 Å². The third kappa shape index (κ3) is 4.50. The number of aromatic nitrogens is 8. The summed E-state index contributed by atoms with van der Waals surface area (Å²) in [5, 5.41) is 14.5. The van der Waals surface area contributed by atoms with Gasteiger partial charge in [0, 0.05) is 32.1 Å². The number of aromatic amines is 1. The van der Waals surface area contributed by atoms with Crippen LogP contribution in [0.2, 0.25) is 0 Å². The van der Waals surface area contributed by atoms with Gasteiger partial charge in [-0.05, 0) is 34.2 Å². The van der Waals surface area contributed by atoms with E-state index >= 15 is 0 Å². The molecule has 0 atom stereocenters. The molecule has 5 rings (SSSR count). The van der Waals surface area contributed by atoms with Gasteiger partial charge in [0.2, 0.25) is 5.82 Å². The maximum absolute atomic E-state index is 13.4. The molecule has 0 radical (unpaired) electrons. The zero-order valence-corrected chi connectivity index (χ0v) is 21.7. The Morgan fingerprint density at radius 3 is 2.27 bits per heavy atom. The first-order valence-corrected chi connectivity index (χ1v) is 12.3. The van der Waals surface area contributed by atoms with Gasteiger partial charge in [-0.2, -0.15) is 5.21 Å². The van der Waals surface area contributed by atoms with Crippen LogP contribution in [0.5, 0.6) is 0 Å². The van der Waals surface area contributed by atoms with Crippen LogP contribution >= 0.6 is 0 Å². The van der Waals surface area contributed by atoms with Gasteiger partial charge in [0.1, 0.15) is 5.82 Å². The maximum atomic E-state index is 13.4. The van der Waals surface area contributed by atoms with E-state index in [1.54, 1.807) is 14.0 Å². The summed E-state index contributed by atoms with van der Waals surface area (Å²) in [6.45, 7) is 8.97. The van der Waals surface area contributed by atoms with Crippen LogP contribution in [0.1, 0.15) is 39.1 Å². The average molecular weight is 499 g/mol. The molecule has 0 fully saturated rings. The second-order valence-electron chi connectivity index (χ2n) is 10.4. The number of imidazole rings is 1. The van der Waals surface area contributed by atoms with Crippen molar-refractivity contribution < 1.29 is 0 Å². The first-order valence-electron chi connectivity index (χ1n) is 12.3. The second-order valence-corrected chi connectivity index (χ2v) is 10.4. The number of fused-ring (bicyclic) bond motifs is 1. The highest BCUT2D eigenvalue weighted by Gasteiger charge is 2.23. The molecular weight excluding hydrogens is 468 g/mol. The monoisotopic (exact) mass is 498 g/mol. The number of aryl methyl sites for hydroxylation is 1. The molecule has 10 nitrogen and oxygen atoms in total. The summed E-state index contributed by atoms with van der Waals surface area (Å²) in [6.07, 6.45) is 0.664. The zero-order valence-electron chi connectivity index (χ0n) is 21.7. The van der Waals surface area contributed by atoms with Crippen LogP contribution in [0.4, 0.5) is 0 Å². The Labute approximate surface area is 213 Å². The fourth-order valence-electron chi connectivity index (χ4n) is 4.65. The fourth-order valence-corrected chi connectivity index (χ4v) is 4.65. The van der Waals surface area contributed by atoms with E-state index in [2.05, 4.69) is 65.7 Å². The summed E-state index contributed by atoms with van der Waals surface area (Å²) in [5.41, 5.74) is 4.09. The number of nitrogens with zero attached hydrogens (tertiary/aromatic N) is 7. The van der Waals surface area contributed by atoms with Crippen molar-refractivity contribution in [3.63, 3.8) is 0 Å². The van der Waals surface area contributed by atoms with Crippen LogP contribution in [0.25, 0.3) is 33.7 Å².